The molecule has 9 heteroatoms. The molecule has 0 atom stereocenters. The Balaban J connectivity index is 3.44. The zero-order valence-corrected chi connectivity index (χ0v) is 9.76. The Kier molecular flexibility index (Phi) is 3.56. The van der Waals surface area contributed by atoms with Gasteiger partial charge in [0.15, 0.2) is 9.84 Å². The molecule has 1 rings (SSSR count). The maximum absolute atomic E-state index is 12.6. The van der Waals surface area contributed by atoms with Gasteiger partial charge in [0.25, 0.3) is 0 Å². The van der Waals surface area contributed by atoms with Gasteiger partial charge < -0.3 is 5.11 Å². The number of halogens is 3. The molecule has 1 aromatic rings. The molecule has 0 bridgehead atoms. The van der Waals surface area contributed by atoms with Crippen LogP contribution >= 0.6 is 0 Å². The van der Waals surface area contributed by atoms with Gasteiger partial charge in [0.1, 0.15) is 0 Å². The van der Waals surface area contributed by atoms with Crippen molar-refractivity contribution in [1.29, 1.82) is 0 Å². The summed E-state index contributed by atoms with van der Waals surface area (Å²) >= 11 is 0. The SMILES string of the molecule is CS(=O)(=O)c1ccc(NC(=O)O)c(C(F)(F)F)c1. The van der Waals surface area contributed by atoms with E-state index in [1.54, 1.807) is 5.32 Å². The lowest BCUT2D eigenvalue weighted by Gasteiger charge is -2.13. The summed E-state index contributed by atoms with van der Waals surface area (Å²) in [5.41, 5.74) is -2.07. The number of amides is 1. The standard InChI is InChI=1S/C9H8F3NO4S/c1-18(16,17)5-2-3-7(13-8(14)15)6(4-5)9(10,11)12/h2-4,13H,1H3,(H,14,15). The lowest BCUT2D eigenvalue weighted by Crippen LogP contribution is -2.15. The molecule has 18 heavy (non-hydrogen) atoms. The Morgan fingerprint density at radius 1 is 1.33 bits per heavy atom. The predicted octanol–water partition coefficient (Wildman–Crippen LogP) is 2.20. The molecule has 0 aliphatic heterocycles. The lowest BCUT2D eigenvalue weighted by molar-refractivity contribution is -0.137. The van der Waals surface area contributed by atoms with Crippen molar-refractivity contribution in [3.8, 4) is 0 Å². The molecule has 0 aliphatic carbocycles. The number of nitrogens with one attached hydrogen (secondary N) is 1. The largest absolute Gasteiger partial charge is 0.465 e. The molecule has 0 saturated heterocycles. The number of sulfone groups is 1. The van der Waals surface area contributed by atoms with Crippen LogP contribution in [0.15, 0.2) is 23.1 Å². The summed E-state index contributed by atoms with van der Waals surface area (Å²) in [6, 6.07) is 2.05. The molecule has 0 aromatic heterocycles. The number of rotatable bonds is 2. The third-order valence-electron chi connectivity index (χ3n) is 1.97. The van der Waals surface area contributed by atoms with Gasteiger partial charge in [-0.3, -0.25) is 5.32 Å². The van der Waals surface area contributed by atoms with E-state index in [1.807, 2.05) is 0 Å². The van der Waals surface area contributed by atoms with Crippen LogP contribution in [0.1, 0.15) is 5.56 Å². The molecule has 100 valence electrons. The van der Waals surface area contributed by atoms with Crippen molar-refractivity contribution in [1.82, 2.24) is 0 Å². The Labute approximate surface area is 100 Å². The second-order valence-corrected chi connectivity index (χ2v) is 5.42. The Morgan fingerprint density at radius 3 is 2.28 bits per heavy atom. The number of carbonyl (C=O) groups is 1. The maximum atomic E-state index is 12.6. The highest BCUT2D eigenvalue weighted by Crippen LogP contribution is 2.36. The van der Waals surface area contributed by atoms with Crippen LogP contribution in [-0.2, 0) is 16.0 Å². The van der Waals surface area contributed by atoms with Crippen LogP contribution in [0.4, 0.5) is 23.7 Å². The topological polar surface area (TPSA) is 83.5 Å². The highest BCUT2D eigenvalue weighted by molar-refractivity contribution is 7.90. The van der Waals surface area contributed by atoms with E-state index in [4.69, 9.17) is 5.11 Å². The van der Waals surface area contributed by atoms with E-state index in [9.17, 15) is 26.4 Å². The first-order chi connectivity index (χ1) is 8.01. The average molecular weight is 283 g/mol. The quantitative estimate of drug-likeness (QED) is 0.871. The molecule has 0 unspecified atom stereocenters. The molecule has 0 heterocycles. The first-order valence-electron chi connectivity index (χ1n) is 4.43. The van der Waals surface area contributed by atoms with E-state index in [0.717, 1.165) is 18.4 Å². The van der Waals surface area contributed by atoms with E-state index in [2.05, 4.69) is 0 Å². The van der Waals surface area contributed by atoms with Crippen LogP contribution in [0.5, 0.6) is 0 Å². The molecule has 0 radical (unpaired) electrons. The minimum Gasteiger partial charge on any atom is -0.465 e. The summed E-state index contributed by atoms with van der Waals surface area (Å²) in [6.07, 6.45) is -5.78. The molecular formula is C9H8F3NO4S. The summed E-state index contributed by atoms with van der Waals surface area (Å²) in [4.78, 5) is 9.80. The van der Waals surface area contributed by atoms with E-state index in [-0.39, 0.29) is 0 Å². The molecule has 0 aliphatic rings. The Bertz CT molecular complexity index is 580. The van der Waals surface area contributed by atoms with Crippen molar-refractivity contribution in [2.75, 3.05) is 11.6 Å². The number of hydrogen-bond donors (Lipinski definition) is 2. The van der Waals surface area contributed by atoms with E-state index in [0.29, 0.717) is 6.07 Å². The third kappa shape index (κ3) is 3.36. The van der Waals surface area contributed by atoms with Gasteiger partial charge in [0, 0.05) is 6.26 Å². The van der Waals surface area contributed by atoms with Crippen molar-refractivity contribution < 1.29 is 31.5 Å². The third-order valence-corrected chi connectivity index (χ3v) is 3.08. The second-order valence-electron chi connectivity index (χ2n) is 3.41. The molecule has 0 spiro atoms. The summed E-state index contributed by atoms with van der Waals surface area (Å²) in [6.45, 7) is 0. The van der Waals surface area contributed by atoms with Gasteiger partial charge in [0.05, 0.1) is 16.1 Å². The van der Waals surface area contributed by atoms with Crippen molar-refractivity contribution in [2.24, 2.45) is 0 Å². The second kappa shape index (κ2) is 4.48. The highest BCUT2D eigenvalue weighted by atomic mass is 32.2. The van der Waals surface area contributed by atoms with Gasteiger partial charge in [-0.1, -0.05) is 0 Å². The van der Waals surface area contributed by atoms with Gasteiger partial charge in [-0.25, -0.2) is 13.2 Å². The summed E-state index contributed by atoms with van der Waals surface area (Å²) < 4.78 is 60.2. The molecule has 2 N–H and O–H groups in total. The van der Waals surface area contributed by atoms with Gasteiger partial charge in [-0.15, -0.1) is 0 Å². The number of carboxylic acid groups (broad SMARTS) is 1. The van der Waals surface area contributed by atoms with Gasteiger partial charge in [-0.05, 0) is 18.2 Å². The predicted molar refractivity (Wildman–Crippen MR) is 56.2 cm³/mol. The highest BCUT2D eigenvalue weighted by Gasteiger charge is 2.35. The summed E-state index contributed by atoms with van der Waals surface area (Å²) in [5, 5.41) is 9.95. The van der Waals surface area contributed by atoms with Crippen LogP contribution in [0.2, 0.25) is 0 Å². The first kappa shape index (κ1) is 14.3. The fraction of sp³-hybridized carbons (Fsp3) is 0.222. The van der Waals surface area contributed by atoms with E-state index < -0.39 is 38.3 Å². The number of benzene rings is 1. The summed E-state index contributed by atoms with van der Waals surface area (Å²) in [5.74, 6) is 0. The zero-order chi connectivity index (χ0) is 14.1. The molecule has 1 amide bonds. The van der Waals surface area contributed by atoms with Crippen molar-refractivity contribution >= 4 is 21.6 Å². The zero-order valence-electron chi connectivity index (χ0n) is 8.95. The first-order valence-corrected chi connectivity index (χ1v) is 6.32. The number of alkyl halides is 3. The van der Waals surface area contributed by atoms with Gasteiger partial charge in [-0.2, -0.15) is 13.2 Å². The molecule has 1 aromatic carbocycles. The molecule has 0 saturated carbocycles. The monoisotopic (exact) mass is 283 g/mol. The lowest BCUT2D eigenvalue weighted by atomic mass is 10.1. The molecular weight excluding hydrogens is 275 g/mol. The number of anilines is 1. The van der Waals surface area contributed by atoms with Crippen LogP contribution < -0.4 is 5.32 Å². The molecule has 5 nitrogen and oxygen atoms in total. The Morgan fingerprint density at radius 2 is 1.89 bits per heavy atom. The molecule has 0 fully saturated rings. The van der Waals surface area contributed by atoms with E-state index in [1.165, 1.54) is 0 Å². The van der Waals surface area contributed by atoms with Crippen molar-refractivity contribution in [2.45, 2.75) is 11.1 Å². The van der Waals surface area contributed by atoms with Gasteiger partial charge in [0.2, 0.25) is 0 Å². The summed E-state index contributed by atoms with van der Waals surface area (Å²) in [7, 11) is -3.81. The maximum Gasteiger partial charge on any atom is 0.418 e. The van der Waals surface area contributed by atoms with Crippen molar-refractivity contribution in [3.05, 3.63) is 23.8 Å². The average Bonchev–Trinajstić information content (AvgIpc) is 2.13. The van der Waals surface area contributed by atoms with E-state index >= 15 is 0 Å². The van der Waals surface area contributed by atoms with Crippen LogP contribution in [-0.4, -0.2) is 25.9 Å². The van der Waals surface area contributed by atoms with Gasteiger partial charge >= 0.3 is 12.3 Å². The normalized spacial score (nSPS) is 12.2. The van der Waals surface area contributed by atoms with Crippen LogP contribution in [0, 0.1) is 0 Å². The Hall–Kier alpha value is -1.77. The minimum absolute atomic E-state index is 0.389. The fourth-order valence-corrected chi connectivity index (χ4v) is 1.86. The number of hydrogen-bond acceptors (Lipinski definition) is 3. The smallest absolute Gasteiger partial charge is 0.418 e. The van der Waals surface area contributed by atoms with Crippen LogP contribution in [0.25, 0.3) is 0 Å². The minimum atomic E-state index is -4.86. The fourth-order valence-electron chi connectivity index (χ4n) is 1.21. The van der Waals surface area contributed by atoms with Crippen molar-refractivity contribution in [3.63, 3.8) is 0 Å². The van der Waals surface area contributed by atoms with Crippen LogP contribution in [0.3, 0.4) is 0 Å².